The number of ether oxygens (including phenoxy) is 1. The van der Waals surface area contributed by atoms with Crippen molar-refractivity contribution in [1.29, 1.82) is 0 Å². The van der Waals surface area contributed by atoms with E-state index in [1.165, 1.54) is 6.07 Å². The molecule has 1 unspecified atom stereocenters. The second-order valence-electron chi connectivity index (χ2n) is 6.41. The van der Waals surface area contributed by atoms with Crippen molar-refractivity contribution in [2.45, 2.75) is 46.5 Å². The summed E-state index contributed by atoms with van der Waals surface area (Å²) in [6, 6.07) is 4.78. The minimum atomic E-state index is -1.23. The molecule has 1 atom stereocenters. The lowest BCUT2D eigenvalue weighted by Gasteiger charge is -2.13. The Morgan fingerprint density at radius 3 is 2.78 bits per heavy atom. The van der Waals surface area contributed by atoms with Crippen LogP contribution in [0.4, 0.5) is 4.39 Å². The van der Waals surface area contributed by atoms with Crippen LogP contribution in [0.15, 0.2) is 22.6 Å². The normalized spacial score (nSPS) is 16.7. The zero-order chi connectivity index (χ0) is 16.8. The average Bonchev–Trinajstić information content (AvgIpc) is 3.34. The summed E-state index contributed by atoms with van der Waals surface area (Å²) in [6.45, 7) is 6.64. The molecule has 1 saturated carbocycles. The van der Waals surface area contributed by atoms with Gasteiger partial charge in [-0.25, -0.2) is 4.39 Å². The second kappa shape index (κ2) is 8.69. The van der Waals surface area contributed by atoms with Crippen molar-refractivity contribution in [3.63, 3.8) is 0 Å². The second-order valence-corrected chi connectivity index (χ2v) is 7.64. The number of nitrogens with zero attached hydrogens (tertiary/aromatic N) is 1. The molecule has 128 valence electrons. The Balaban J connectivity index is 2.16. The molecule has 0 saturated heterocycles. The maximum Gasteiger partial charge on any atom is 0.165 e. The van der Waals surface area contributed by atoms with Crippen molar-refractivity contribution in [3.8, 4) is 5.75 Å². The molecule has 0 spiro atoms. The van der Waals surface area contributed by atoms with E-state index in [0.29, 0.717) is 18.3 Å². The Morgan fingerprint density at radius 1 is 1.43 bits per heavy atom. The van der Waals surface area contributed by atoms with Gasteiger partial charge in [-0.15, -0.1) is 0 Å². The highest BCUT2D eigenvalue weighted by Crippen LogP contribution is 2.30. The van der Waals surface area contributed by atoms with Crippen LogP contribution in [0, 0.1) is 17.7 Å². The van der Waals surface area contributed by atoms with E-state index in [9.17, 15) is 8.94 Å². The highest BCUT2D eigenvalue weighted by molar-refractivity contribution is 7.90. The van der Waals surface area contributed by atoms with Crippen LogP contribution in [-0.4, -0.2) is 22.6 Å². The molecule has 2 rings (SSSR count). The van der Waals surface area contributed by atoms with Gasteiger partial charge < -0.3 is 9.29 Å². The molecule has 0 heterocycles. The van der Waals surface area contributed by atoms with Gasteiger partial charge in [0.2, 0.25) is 0 Å². The van der Waals surface area contributed by atoms with Crippen molar-refractivity contribution >= 4 is 17.1 Å². The van der Waals surface area contributed by atoms with Gasteiger partial charge in [0.05, 0.1) is 18.0 Å². The minimum absolute atomic E-state index is 0.113. The fourth-order valence-corrected chi connectivity index (χ4v) is 3.34. The molecular formula is C18H26FNO2S. The van der Waals surface area contributed by atoms with Crippen LogP contribution in [0.2, 0.25) is 0 Å². The summed E-state index contributed by atoms with van der Waals surface area (Å²) in [7, 11) is 0. The maximum atomic E-state index is 13.9. The van der Waals surface area contributed by atoms with Gasteiger partial charge in [-0.1, -0.05) is 31.6 Å². The van der Waals surface area contributed by atoms with Gasteiger partial charge >= 0.3 is 0 Å². The van der Waals surface area contributed by atoms with Gasteiger partial charge in [0, 0.05) is 11.5 Å². The Morgan fingerprint density at radius 2 is 2.17 bits per heavy atom. The first-order valence-electron chi connectivity index (χ1n) is 8.41. The first-order valence-corrected chi connectivity index (χ1v) is 9.68. The lowest BCUT2D eigenvalue weighted by Crippen LogP contribution is -2.15. The number of halogens is 1. The molecular weight excluding hydrogens is 313 g/mol. The largest absolute Gasteiger partial charge is 0.591 e. The van der Waals surface area contributed by atoms with Crippen LogP contribution in [-0.2, 0) is 11.4 Å². The van der Waals surface area contributed by atoms with Crippen molar-refractivity contribution in [2.24, 2.45) is 16.2 Å². The van der Waals surface area contributed by atoms with E-state index in [1.54, 1.807) is 12.1 Å². The summed E-state index contributed by atoms with van der Waals surface area (Å²) < 4.78 is 36.0. The highest BCUT2D eigenvalue weighted by atomic mass is 32.2. The Labute approximate surface area is 141 Å². The fraction of sp³-hybridized carbons (Fsp3) is 0.611. The van der Waals surface area contributed by atoms with Crippen molar-refractivity contribution < 1.29 is 13.7 Å². The SMILES string of the molecule is CCCC[S+]([O-])N=C(c1ccc(F)c(OCC2CC2)c1)C(C)C. The quantitative estimate of drug-likeness (QED) is 0.490. The molecule has 0 radical (unpaired) electrons. The fourth-order valence-electron chi connectivity index (χ4n) is 2.18. The Bertz CT molecular complexity index is 544. The average molecular weight is 339 g/mol. The van der Waals surface area contributed by atoms with Crippen molar-refractivity contribution in [2.75, 3.05) is 12.4 Å². The van der Waals surface area contributed by atoms with E-state index in [4.69, 9.17) is 4.74 Å². The molecule has 1 aliphatic carbocycles. The third kappa shape index (κ3) is 5.81. The molecule has 0 aromatic heterocycles. The number of hydrogen-bond donors (Lipinski definition) is 0. The van der Waals surface area contributed by atoms with E-state index in [1.807, 2.05) is 13.8 Å². The zero-order valence-corrected chi connectivity index (χ0v) is 15.0. The van der Waals surface area contributed by atoms with Gasteiger partial charge in [0.25, 0.3) is 0 Å². The van der Waals surface area contributed by atoms with Gasteiger partial charge in [-0.05, 0) is 43.4 Å². The summed E-state index contributed by atoms with van der Waals surface area (Å²) in [4.78, 5) is 0. The molecule has 3 nitrogen and oxygen atoms in total. The molecule has 0 bridgehead atoms. The molecule has 1 aromatic rings. The van der Waals surface area contributed by atoms with Crippen LogP contribution in [0.5, 0.6) is 5.75 Å². The van der Waals surface area contributed by atoms with Crippen molar-refractivity contribution in [1.82, 2.24) is 0 Å². The van der Waals surface area contributed by atoms with Crippen LogP contribution in [0.25, 0.3) is 0 Å². The highest BCUT2D eigenvalue weighted by Gasteiger charge is 2.23. The minimum Gasteiger partial charge on any atom is -0.591 e. The van der Waals surface area contributed by atoms with E-state index >= 15 is 0 Å². The Kier molecular flexibility index (Phi) is 6.90. The lowest BCUT2D eigenvalue weighted by atomic mass is 10.00. The lowest BCUT2D eigenvalue weighted by molar-refractivity contribution is 0.285. The van der Waals surface area contributed by atoms with E-state index in [0.717, 1.165) is 37.0 Å². The molecule has 1 aliphatic rings. The van der Waals surface area contributed by atoms with Crippen LogP contribution in [0.3, 0.4) is 0 Å². The maximum absolute atomic E-state index is 13.9. The molecule has 0 aliphatic heterocycles. The van der Waals surface area contributed by atoms with Crippen LogP contribution in [0.1, 0.15) is 52.0 Å². The monoisotopic (exact) mass is 339 g/mol. The molecule has 1 fully saturated rings. The van der Waals surface area contributed by atoms with Gasteiger partial charge in [0.1, 0.15) is 11.5 Å². The van der Waals surface area contributed by atoms with E-state index in [2.05, 4.69) is 11.3 Å². The first kappa shape index (κ1) is 18.3. The number of benzene rings is 1. The standard InChI is InChI=1S/C18H26FNO2S/c1-4-5-10-23(21)20-18(13(2)3)15-8-9-16(19)17(11-15)22-12-14-6-7-14/h8-9,11,13-14H,4-7,10,12H2,1-3H3. The van der Waals surface area contributed by atoms with Crippen molar-refractivity contribution in [3.05, 3.63) is 29.6 Å². The predicted octanol–water partition coefficient (Wildman–Crippen LogP) is 4.52. The van der Waals surface area contributed by atoms with Gasteiger partial charge in [-0.2, -0.15) is 0 Å². The summed E-state index contributed by atoms with van der Waals surface area (Å²) in [5.41, 5.74) is 1.53. The molecule has 0 amide bonds. The molecule has 23 heavy (non-hydrogen) atoms. The summed E-state index contributed by atoms with van der Waals surface area (Å²) in [6.07, 6.45) is 4.21. The van der Waals surface area contributed by atoms with Crippen LogP contribution < -0.4 is 4.74 Å². The zero-order valence-electron chi connectivity index (χ0n) is 14.2. The van der Waals surface area contributed by atoms with E-state index < -0.39 is 11.4 Å². The third-order valence-electron chi connectivity index (χ3n) is 3.82. The predicted molar refractivity (Wildman–Crippen MR) is 93.9 cm³/mol. The first-order chi connectivity index (χ1) is 11.0. The molecule has 1 aromatic carbocycles. The third-order valence-corrected chi connectivity index (χ3v) is 4.86. The summed E-state index contributed by atoms with van der Waals surface area (Å²) >= 11 is -1.23. The number of rotatable bonds is 9. The number of hydrogen-bond acceptors (Lipinski definition) is 3. The van der Waals surface area contributed by atoms with E-state index in [-0.39, 0.29) is 17.5 Å². The molecule has 0 N–H and O–H groups in total. The summed E-state index contributed by atoms with van der Waals surface area (Å²) in [5, 5.41) is 0. The topological polar surface area (TPSA) is 44.7 Å². The Hall–Kier alpha value is -1.07. The number of unbranched alkanes of at least 4 members (excludes halogenated alkanes) is 1. The van der Waals surface area contributed by atoms with Gasteiger partial charge in [0.15, 0.2) is 11.6 Å². The smallest absolute Gasteiger partial charge is 0.165 e. The van der Waals surface area contributed by atoms with Crippen LogP contribution >= 0.6 is 0 Å². The van der Waals surface area contributed by atoms with Gasteiger partial charge in [-0.3, -0.25) is 0 Å². The molecule has 5 heteroatoms. The summed E-state index contributed by atoms with van der Waals surface area (Å²) in [5.74, 6) is 1.16.